The number of rotatable bonds is 5. The van der Waals surface area contributed by atoms with Crippen molar-refractivity contribution in [2.45, 2.75) is 18.9 Å². The molecular formula is C14H19FN2O3. The third kappa shape index (κ3) is 3.26. The van der Waals surface area contributed by atoms with Gasteiger partial charge in [-0.1, -0.05) is 6.07 Å². The number of aliphatic hydroxyl groups excluding tert-OH is 1. The van der Waals surface area contributed by atoms with Crippen LogP contribution in [-0.4, -0.2) is 53.3 Å². The smallest absolute Gasteiger partial charge is 0.260 e. The second-order valence-corrected chi connectivity index (χ2v) is 4.90. The van der Waals surface area contributed by atoms with E-state index in [1.54, 1.807) is 0 Å². The van der Waals surface area contributed by atoms with Crippen molar-refractivity contribution >= 4 is 5.91 Å². The van der Waals surface area contributed by atoms with Crippen LogP contribution in [0.3, 0.4) is 0 Å². The van der Waals surface area contributed by atoms with Gasteiger partial charge in [0.1, 0.15) is 17.1 Å². The standard InChI is InChI=1S/C14H19FN2O3/c15-11-4-1-5-12(19)13(11)14(20)17(7-8-18)9-10-3-2-6-16-10/h1,4-5,10,16,18-19H,2-3,6-9H2. The van der Waals surface area contributed by atoms with Crippen molar-refractivity contribution in [3.05, 3.63) is 29.6 Å². The molecular weight excluding hydrogens is 263 g/mol. The van der Waals surface area contributed by atoms with Crippen LogP contribution in [0.4, 0.5) is 4.39 Å². The maximum atomic E-state index is 13.7. The Morgan fingerprint density at radius 2 is 2.30 bits per heavy atom. The molecule has 0 aliphatic carbocycles. The first-order valence-electron chi connectivity index (χ1n) is 6.74. The van der Waals surface area contributed by atoms with E-state index in [-0.39, 0.29) is 30.5 Å². The Kier molecular flexibility index (Phi) is 4.92. The number of phenols is 1. The predicted molar refractivity (Wildman–Crippen MR) is 72.1 cm³/mol. The number of hydrogen-bond donors (Lipinski definition) is 3. The fourth-order valence-electron chi connectivity index (χ4n) is 2.46. The molecule has 1 aliphatic heterocycles. The average Bonchev–Trinajstić information content (AvgIpc) is 2.91. The number of nitrogens with one attached hydrogen (secondary N) is 1. The molecule has 1 aliphatic rings. The van der Waals surface area contributed by atoms with Gasteiger partial charge in [0.2, 0.25) is 0 Å². The van der Waals surface area contributed by atoms with Crippen LogP contribution in [0.2, 0.25) is 0 Å². The Bertz CT molecular complexity index is 455. The van der Waals surface area contributed by atoms with Gasteiger partial charge < -0.3 is 20.4 Å². The van der Waals surface area contributed by atoms with Gasteiger partial charge in [0.15, 0.2) is 0 Å². The van der Waals surface area contributed by atoms with Crippen LogP contribution in [0.1, 0.15) is 23.2 Å². The molecule has 1 amide bonds. The highest BCUT2D eigenvalue weighted by atomic mass is 19.1. The molecule has 1 aromatic rings. The van der Waals surface area contributed by atoms with Gasteiger partial charge in [-0.05, 0) is 31.5 Å². The van der Waals surface area contributed by atoms with Crippen molar-refractivity contribution in [2.75, 3.05) is 26.2 Å². The highest BCUT2D eigenvalue weighted by Crippen LogP contribution is 2.22. The lowest BCUT2D eigenvalue weighted by Crippen LogP contribution is -2.42. The number of hydrogen-bond acceptors (Lipinski definition) is 4. The number of carbonyl (C=O) groups is 1. The van der Waals surface area contributed by atoms with Gasteiger partial charge in [-0.3, -0.25) is 4.79 Å². The Morgan fingerprint density at radius 3 is 2.90 bits per heavy atom. The first-order valence-corrected chi connectivity index (χ1v) is 6.74. The van der Waals surface area contributed by atoms with E-state index in [9.17, 15) is 14.3 Å². The first kappa shape index (κ1) is 14.7. The fourth-order valence-corrected chi connectivity index (χ4v) is 2.46. The van der Waals surface area contributed by atoms with Crippen LogP contribution < -0.4 is 5.32 Å². The topological polar surface area (TPSA) is 72.8 Å². The second kappa shape index (κ2) is 6.67. The number of aliphatic hydroxyl groups is 1. The zero-order valence-electron chi connectivity index (χ0n) is 11.2. The lowest BCUT2D eigenvalue weighted by Gasteiger charge is -2.25. The molecule has 1 heterocycles. The molecule has 1 fully saturated rings. The van der Waals surface area contributed by atoms with Gasteiger partial charge in [-0.25, -0.2) is 4.39 Å². The number of phenolic OH excluding ortho intramolecular Hbond substituents is 1. The third-order valence-corrected chi connectivity index (χ3v) is 3.47. The molecule has 0 bridgehead atoms. The molecule has 1 aromatic carbocycles. The molecule has 0 spiro atoms. The second-order valence-electron chi connectivity index (χ2n) is 4.90. The lowest BCUT2D eigenvalue weighted by molar-refractivity contribution is 0.0698. The Balaban J connectivity index is 2.17. The summed E-state index contributed by atoms with van der Waals surface area (Å²) < 4.78 is 13.7. The summed E-state index contributed by atoms with van der Waals surface area (Å²) in [4.78, 5) is 13.7. The number of benzene rings is 1. The number of amides is 1. The van der Waals surface area contributed by atoms with E-state index in [1.165, 1.54) is 17.0 Å². The maximum Gasteiger partial charge on any atom is 0.260 e. The Labute approximate surface area is 117 Å². The normalized spacial score (nSPS) is 18.2. The van der Waals surface area contributed by atoms with Gasteiger partial charge in [0.25, 0.3) is 5.91 Å². The van der Waals surface area contributed by atoms with Crippen LogP contribution in [0.15, 0.2) is 18.2 Å². The average molecular weight is 282 g/mol. The van der Waals surface area contributed by atoms with E-state index in [0.717, 1.165) is 25.5 Å². The van der Waals surface area contributed by atoms with Crippen molar-refractivity contribution in [1.29, 1.82) is 0 Å². The van der Waals surface area contributed by atoms with Crippen LogP contribution in [0.25, 0.3) is 0 Å². The van der Waals surface area contributed by atoms with Gasteiger partial charge in [0.05, 0.1) is 6.61 Å². The zero-order valence-corrected chi connectivity index (χ0v) is 11.2. The van der Waals surface area contributed by atoms with Crippen molar-refractivity contribution in [3.8, 4) is 5.75 Å². The maximum absolute atomic E-state index is 13.7. The van der Waals surface area contributed by atoms with E-state index in [2.05, 4.69) is 5.32 Å². The monoisotopic (exact) mass is 282 g/mol. The van der Waals surface area contributed by atoms with Crippen molar-refractivity contribution < 1.29 is 19.4 Å². The summed E-state index contributed by atoms with van der Waals surface area (Å²) in [6.45, 7) is 1.21. The van der Waals surface area contributed by atoms with E-state index >= 15 is 0 Å². The van der Waals surface area contributed by atoms with Crippen LogP contribution in [0, 0.1) is 5.82 Å². The lowest BCUT2D eigenvalue weighted by atomic mass is 10.1. The largest absolute Gasteiger partial charge is 0.507 e. The Hall–Kier alpha value is -1.66. The number of nitrogens with zero attached hydrogens (tertiary/aromatic N) is 1. The molecule has 3 N–H and O–H groups in total. The zero-order chi connectivity index (χ0) is 14.5. The molecule has 1 atom stereocenters. The molecule has 0 aromatic heterocycles. The van der Waals surface area contributed by atoms with Gasteiger partial charge in [0, 0.05) is 19.1 Å². The number of carbonyl (C=O) groups excluding carboxylic acids is 1. The number of halogens is 1. The predicted octanol–water partition coefficient (Wildman–Crippen LogP) is 0.718. The SMILES string of the molecule is O=C(c1c(O)cccc1F)N(CCO)CC1CCCN1. The van der Waals surface area contributed by atoms with Crippen LogP contribution in [-0.2, 0) is 0 Å². The third-order valence-electron chi connectivity index (χ3n) is 3.47. The van der Waals surface area contributed by atoms with Crippen LogP contribution >= 0.6 is 0 Å². The summed E-state index contributed by atoms with van der Waals surface area (Å²) in [5.74, 6) is -1.72. The molecule has 5 nitrogen and oxygen atoms in total. The minimum absolute atomic E-state index is 0.116. The summed E-state index contributed by atoms with van der Waals surface area (Å²) in [6.07, 6.45) is 1.98. The molecule has 1 saturated heterocycles. The highest BCUT2D eigenvalue weighted by molar-refractivity contribution is 5.97. The summed E-state index contributed by atoms with van der Waals surface area (Å²) in [6, 6.07) is 3.91. The summed E-state index contributed by atoms with van der Waals surface area (Å²) in [7, 11) is 0. The first-order chi connectivity index (χ1) is 9.63. The van der Waals surface area contributed by atoms with Crippen molar-refractivity contribution in [1.82, 2.24) is 10.2 Å². The summed E-state index contributed by atoms with van der Waals surface area (Å²) in [5, 5.41) is 22.0. The van der Waals surface area contributed by atoms with E-state index in [0.29, 0.717) is 6.54 Å². The van der Waals surface area contributed by atoms with Crippen LogP contribution in [0.5, 0.6) is 5.75 Å². The molecule has 0 radical (unpaired) electrons. The summed E-state index contributed by atoms with van der Waals surface area (Å²) >= 11 is 0. The fraction of sp³-hybridized carbons (Fsp3) is 0.500. The van der Waals surface area contributed by atoms with E-state index < -0.39 is 11.7 Å². The molecule has 2 rings (SSSR count). The van der Waals surface area contributed by atoms with E-state index in [1.807, 2.05) is 0 Å². The van der Waals surface area contributed by atoms with Crippen molar-refractivity contribution in [3.63, 3.8) is 0 Å². The van der Waals surface area contributed by atoms with Gasteiger partial charge in [-0.2, -0.15) is 0 Å². The minimum Gasteiger partial charge on any atom is -0.507 e. The van der Waals surface area contributed by atoms with Gasteiger partial charge >= 0.3 is 0 Å². The molecule has 6 heteroatoms. The minimum atomic E-state index is -0.752. The molecule has 0 saturated carbocycles. The van der Waals surface area contributed by atoms with Crippen molar-refractivity contribution in [2.24, 2.45) is 0 Å². The quantitative estimate of drug-likeness (QED) is 0.744. The number of aromatic hydroxyl groups is 1. The highest BCUT2D eigenvalue weighted by Gasteiger charge is 2.25. The van der Waals surface area contributed by atoms with E-state index in [4.69, 9.17) is 5.11 Å². The Morgan fingerprint density at radius 1 is 1.50 bits per heavy atom. The molecule has 110 valence electrons. The molecule has 20 heavy (non-hydrogen) atoms. The molecule has 1 unspecified atom stereocenters. The van der Waals surface area contributed by atoms with Gasteiger partial charge in [-0.15, -0.1) is 0 Å². The summed E-state index contributed by atoms with van der Waals surface area (Å²) in [5.41, 5.74) is -0.334.